The number of quaternary nitrogens is 1. The van der Waals surface area contributed by atoms with Gasteiger partial charge in [0.2, 0.25) is 0 Å². The number of unbranched alkanes of at least 4 members (excludes halogenated alkanes) is 26. The number of carbonyl (C=O) groups excluding carboxylic acids is 2. The van der Waals surface area contributed by atoms with Crippen molar-refractivity contribution in [3.8, 4) is 0 Å². The van der Waals surface area contributed by atoms with Crippen LogP contribution in [0.3, 0.4) is 0 Å². The predicted molar refractivity (Wildman–Crippen MR) is 257 cm³/mol. The molecule has 2 unspecified atom stereocenters. The Morgan fingerprint density at radius 2 is 0.918 bits per heavy atom. The number of hydrogen-bond acceptors (Lipinski definition) is 6. The molecule has 0 radical (unpaired) electrons. The van der Waals surface area contributed by atoms with E-state index in [1.165, 1.54) is 128 Å². The SMILES string of the molecule is CC/C=C/C/C=C/C/C=C/CCCCCCC(=O)OC(COCCC(C(=O)O)[N+](C)(C)C)COC(=O)CCCCCCCCCCCCCCCCCCCCCCCCC. The number of carbonyl (C=O) groups is 3. The largest absolute Gasteiger partial charge is 0.477 e. The lowest BCUT2D eigenvalue weighted by atomic mass is 10.0. The number of esters is 2. The molecule has 8 heteroatoms. The fourth-order valence-electron chi connectivity index (χ4n) is 7.64. The second-order valence-corrected chi connectivity index (χ2v) is 18.4. The number of nitrogens with zero attached hydrogens (tertiary/aromatic N) is 1. The summed E-state index contributed by atoms with van der Waals surface area (Å²) in [6.45, 7) is 4.63. The van der Waals surface area contributed by atoms with Crippen molar-refractivity contribution in [2.24, 2.45) is 0 Å². The maximum absolute atomic E-state index is 12.7. The average molecular weight is 861 g/mol. The Labute approximate surface area is 376 Å². The standard InChI is InChI=1S/C53H97NO7/c1-6-8-10-12-14-16-18-20-22-23-24-25-26-27-28-29-30-32-33-35-37-39-41-43-51(55)60-48-49(47-59-46-45-50(53(57)58)54(3,4)5)61-52(56)44-42-40-38-36-34-31-21-19-17-15-13-11-9-7-2/h9,11,15,17,21,31,49-50H,6-8,10,12-14,16,18-20,22-30,32-48H2,1-5H3/p+1/b11-9+,17-15+,31-21+. The van der Waals surface area contributed by atoms with E-state index in [9.17, 15) is 19.5 Å². The van der Waals surface area contributed by atoms with Gasteiger partial charge in [0, 0.05) is 19.3 Å². The van der Waals surface area contributed by atoms with Gasteiger partial charge in [0.15, 0.2) is 12.1 Å². The molecule has 0 aromatic rings. The minimum absolute atomic E-state index is 0.0545. The fraction of sp³-hybridized carbons (Fsp3) is 0.830. The van der Waals surface area contributed by atoms with Crippen molar-refractivity contribution in [2.45, 2.75) is 244 Å². The van der Waals surface area contributed by atoms with E-state index >= 15 is 0 Å². The molecule has 0 aromatic heterocycles. The highest BCUT2D eigenvalue weighted by Gasteiger charge is 2.31. The van der Waals surface area contributed by atoms with Crippen LogP contribution in [0, 0.1) is 0 Å². The lowest BCUT2D eigenvalue weighted by molar-refractivity contribution is -0.887. The molecule has 0 aliphatic heterocycles. The minimum atomic E-state index is -0.877. The molecule has 356 valence electrons. The summed E-state index contributed by atoms with van der Waals surface area (Å²) in [6.07, 6.45) is 52.1. The van der Waals surface area contributed by atoms with Gasteiger partial charge in [-0.3, -0.25) is 9.59 Å². The Hall–Kier alpha value is -2.45. The molecule has 0 aliphatic rings. The number of ether oxygens (including phenoxy) is 3. The maximum Gasteiger partial charge on any atom is 0.362 e. The summed E-state index contributed by atoms with van der Waals surface area (Å²) >= 11 is 0. The van der Waals surface area contributed by atoms with Crippen molar-refractivity contribution in [3.63, 3.8) is 0 Å². The van der Waals surface area contributed by atoms with Crippen molar-refractivity contribution in [2.75, 3.05) is 41.0 Å². The Balaban J connectivity index is 4.17. The quantitative estimate of drug-likeness (QED) is 0.0282. The second kappa shape index (κ2) is 44.2. The summed E-state index contributed by atoms with van der Waals surface area (Å²) in [4.78, 5) is 37.1. The van der Waals surface area contributed by atoms with Crippen molar-refractivity contribution in [3.05, 3.63) is 36.5 Å². The highest BCUT2D eigenvalue weighted by atomic mass is 16.6. The zero-order chi connectivity index (χ0) is 44.9. The van der Waals surface area contributed by atoms with Crippen molar-refractivity contribution < 1.29 is 38.2 Å². The molecule has 61 heavy (non-hydrogen) atoms. The maximum atomic E-state index is 12.7. The van der Waals surface area contributed by atoms with Crippen molar-refractivity contribution in [1.82, 2.24) is 0 Å². The number of allylic oxidation sites excluding steroid dienone is 6. The second-order valence-electron chi connectivity index (χ2n) is 18.4. The summed E-state index contributed by atoms with van der Waals surface area (Å²) in [5, 5.41) is 9.64. The summed E-state index contributed by atoms with van der Waals surface area (Å²) in [6, 6.07) is -0.618. The van der Waals surface area contributed by atoms with Crippen LogP contribution in [0.5, 0.6) is 0 Å². The molecule has 0 saturated heterocycles. The van der Waals surface area contributed by atoms with Crippen LogP contribution in [-0.2, 0) is 28.6 Å². The number of aliphatic carboxylic acids is 1. The van der Waals surface area contributed by atoms with E-state index in [1.807, 2.05) is 21.1 Å². The van der Waals surface area contributed by atoms with E-state index in [0.29, 0.717) is 19.3 Å². The van der Waals surface area contributed by atoms with Gasteiger partial charge in [0.25, 0.3) is 0 Å². The Morgan fingerprint density at radius 1 is 0.508 bits per heavy atom. The van der Waals surface area contributed by atoms with Gasteiger partial charge in [-0.05, 0) is 44.9 Å². The van der Waals surface area contributed by atoms with E-state index in [1.54, 1.807) is 0 Å². The Morgan fingerprint density at radius 3 is 1.36 bits per heavy atom. The zero-order valence-corrected chi connectivity index (χ0v) is 40.6. The highest BCUT2D eigenvalue weighted by Crippen LogP contribution is 2.17. The van der Waals surface area contributed by atoms with Gasteiger partial charge in [0.1, 0.15) is 6.61 Å². The number of hydrogen-bond donors (Lipinski definition) is 1. The van der Waals surface area contributed by atoms with Gasteiger partial charge in [-0.2, -0.15) is 0 Å². The number of carboxylic acids is 1. The molecule has 0 fully saturated rings. The monoisotopic (exact) mass is 861 g/mol. The fourth-order valence-corrected chi connectivity index (χ4v) is 7.64. The summed E-state index contributed by atoms with van der Waals surface area (Å²) in [7, 11) is 5.53. The highest BCUT2D eigenvalue weighted by molar-refractivity contribution is 5.72. The lowest BCUT2D eigenvalue weighted by Gasteiger charge is -2.31. The molecule has 0 bridgehead atoms. The third-order valence-corrected chi connectivity index (χ3v) is 11.6. The van der Waals surface area contributed by atoms with Gasteiger partial charge >= 0.3 is 17.9 Å². The molecule has 2 atom stereocenters. The van der Waals surface area contributed by atoms with Crippen LogP contribution in [0.2, 0.25) is 0 Å². The molecule has 0 rings (SSSR count). The molecule has 0 amide bonds. The first-order valence-corrected chi connectivity index (χ1v) is 25.5. The molecular weight excluding hydrogens is 763 g/mol. The number of likely N-dealkylation sites (N-methyl/N-ethyl adjacent to an activating group) is 1. The molecule has 8 nitrogen and oxygen atoms in total. The third kappa shape index (κ3) is 42.6. The topological polar surface area (TPSA) is 99.1 Å². The predicted octanol–water partition coefficient (Wildman–Crippen LogP) is 14.6. The van der Waals surface area contributed by atoms with Crippen molar-refractivity contribution >= 4 is 17.9 Å². The summed E-state index contributed by atoms with van der Waals surface area (Å²) in [5.74, 6) is -1.48. The van der Waals surface area contributed by atoms with E-state index in [2.05, 4.69) is 50.3 Å². The first-order valence-electron chi connectivity index (χ1n) is 25.5. The molecule has 1 N–H and O–H groups in total. The smallest absolute Gasteiger partial charge is 0.362 e. The normalized spacial score (nSPS) is 13.1. The average Bonchev–Trinajstić information content (AvgIpc) is 3.22. The van der Waals surface area contributed by atoms with Gasteiger partial charge < -0.3 is 23.8 Å². The summed E-state index contributed by atoms with van der Waals surface area (Å²) in [5.41, 5.74) is 0. The van der Waals surface area contributed by atoms with Crippen molar-refractivity contribution in [1.29, 1.82) is 0 Å². The third-order valence-electron chi connectivity index (χ3n) is 11.6. The van der Waals surface area contributed by atoms with E-state index in [4.69, 9.17) is 14.2 Å². The van der Waals surface area contributed by atoms with Crippen LogP contribution in [-0.4, -0.2) is 80.6 Å². The molecule has 0 saturated carbocycles. The minimum Gasteiger partial charge on any atom is -0.477 e. The van der Waals surface area contributed by atoms with Gasteiger partial charge in [-0.15, -0.1) is 0 Å². The number of carboxylic acid groups (broad SMARTS) is 1. The first-order chi connectivity index (χ1) is 29.6. The van der Waals surface area contributed by atoms with E-state index < -0.39 is 18.1 Å². The van der Waals surface area contributed by atoms with Crippen LogP contribution >= 0.6 is 0 Å². The Kier molecular flexibility index (Phi) is 42.4. The molecule has 0 aliphatic carbocycles. The van der Waals surface area contributed by atoms with Crippen LogP contribution in [0.1, 0.15) is 232 Å². The molecule has 0 aromatic carbocycles. The molecule has 0 heterocycles. The van der Waals surface area contributed by atoms with E-state index in [0.717, 1.165) is 70.6 Å². The van der Waals surface area contributed by atoms with Gasteiger partial charge in [-0.1, -0.05) is 204 Å². The van der Waals surface area contributed by atoms with Crippen LogP contribution in [0.4, 0.5) is 0 Å². The van der Waals surface area contributed by atoms with Crippen LogP contribution < -0.4 is 0 Å². The Bertz CT molecular complexity index is 1090. The first kappa shape index (κ1) is 58.6. The molecular formula is C53H98NO7+. The lowest BCUT2D eigenvalue weighted by Crippen LogP contribution is -2.50. The zero-order valence-electron chi connectivity index (χ0n) is 40.6. The molecule has 0 spiro atoms. The summed E-state index contributed by atoms with van der Waals surface area (Å²) < 4.78 is 17.3. The van der Waals surface area contributed by atoms with Gasteiger partial charge in [-0.25, -0.2) is 4.79 Å². The van der Waals surface area contributed by atoms with Crippen LogP contribution in [0.25, 0.3) is 0 Å². The van der Waals surface area contributed by atoms with Crippen LogP contribution in [0.15, 0.2) is 36.5 Å². The van der Waals surface area contributed by atoms with Gasteiger partial charge in [0.05, 0.1) is 34.4 Å². The van der Waals surface area contributed by atoms with E-state index in [-0.39, 0.29) is 36.2 Å². The number of rotatable bonds is 46.